The van der Waals surface area contributed by atoms with E-state index in [-0.39, 0.29) is 5.91 Å². The van der Waals surface area contributed by atoms with Crippen molar-refractivity contribution in [2.45, 2.75) is 39.4 Å². The quantitative estimate of drug-likeness (QED) is 0.467. The number of thioether (sulfide) groups is 1. The second-order valence-corrected chi connectivity index (χ2v) is 8.33. The van der Waals surface area contributed by atoms with E-state index in [1.54, 1.807) is 18.9 Å². The van der Waals surface area contributed by atoms with Gasteiger partial charge in [0.05, 0.1) is 12.9 Å². The molecule has 2 aromatic carbocycles. The summed E-state index contributed by atoms with van der Waals surface area (Å²) in [6.45, 7) is 6.11. The number of nitrogens with zero attached hydrogens (tertiary/aromatic N) is 2. The third kappa shape index (κ3) is 5.86. The number of carbonyl (C=O) groups excluding carboxylic acids is 1. The number of hydrogen-bond acceptors (Lipinski definition) is 6. The molecule has 0 unspecified atom stereocenters. The molecule has 0 spiro atoms. The summed E-state index contributed by atoms with van der Waals surface area (Å²) < 4.78 is 10.5. The Morgan fingerprint density at radius 2 is 1.83 bits per heavy atom. The molecule has 0 saturated heterocycles. The summed E-state index contributed by atoms with van der Waals surface area (Å²) in [7, 11) is 1.63. The van der Waals surface area contributed by atoms with E-state index in [2.05, 4.69) is 34.5 Å². The summed E-state index contributed by atoms with van der Waals surface area (Å²) in [6, 6.07) is 11.7. The standard InChI is InChI=1S/C23H27N3O3S/c1-15-12-16(2)22(17(3)13-15)25-21(27)6-5-11-30-14-20-24-23(29-26-20)18-7-9-19(28-4)10-8-18/h7-10,12-13H,5-6,11,14H2,1-4H3,(H,25,27). The number of rotatable bonds is 9. The van der Waals surface area contributed by atoms with Gasteiger partial charge in [0.15, 0.2) is 5.82 Å². The van der Waals surface area contributed by atoms with Crippen LogP contribution in [0.1, 0.15) is 35.4 Å². The predicted octanol–water partition coefficient (Wildman–Crippen LogP) is 5.32. The Kier molecular flexibility index (Phi) is 7.52. The van der Waals surface area contributed by atoms with Crippen molar-refractivity contribution in [1.29, 1.82) is 0 Å². The monoisotopic (exact) mass is 425 g/mol. The molecule has 3 rings (SSSR count). The molecule has 158 valence electrons. The van der Waals surface area contributed by atoms with Gasteiger partial charge in [-0.1, -0.05) is 22.9 Å². The van der Waals surface area contributed by atoms with Crippen molar-refractivity contribution < 1.29 is 14.1 Å². The van der Waals surface area contributed by atoms with E-state index in [0.717, 1.165) is 40.3 Å². The van der Waals surface area contributed by atoms with E-state index in [1.165, 1.54) is 5.56 Å². The largest absolute Gasteiger partial charge is 0.497 e. The molecule has 6 nitrogen and oxygen atoms in total. The van der Waals surface area contributed by atoms with Crippen LogP contribution in [0.4, 0.5) is 5.69 Å². The lowest BCUT2D eigenvalue weighted by Crippen LogP contribution is -2.13. The molecule has 7 heteroatoms. The van der Waals surface area contributed by atoms with Gasteiger partial charge in [0.25, 0.3) is 5.89 Å². The molecule has 0 saturated carbocycles. The number of amides is 1. The van der Waals surface area contributed by atoms with Crippen molar-refractivity contribution in [2.24, 2.45) is 0 Å². The topological polar surface area (TPSA) is 77.2 Å². The maximum atomic E-state index is 12.3. The Morgan fingerprint density at radius 3 is 2.50 bits per heavy atom. The molecule has 0 atom stereocenters. The first-order chi connectivity index (χ1) is 14.5. The van der Waals surface area contributed by atoms with Crippen molar-refractivity contribution in [3.05, 3.63) is 58.9 Å². The summed E-state index contributed by atoms with van der Waals surface area (Å²) in [5, 5.41) is 7.08. The van der Waals surface area contributed by atoms with Crippen LogP contribution in [0, 0.1) is 20.8 Å². The highest BCUT2D eigenvalue weighted by Crippen LogP contribution is 2.23. The maximum absolute atomic E-state index is 12.3. The first-order valence-electron chi connectivity index (χ1n) is 9.88. The van der Waals surface area contributed by atoms with Crippen LogP contribution in [0.3, 0.4) is 0 Å². The first-order valence-corrected chi connectivity index (χ1v) is 11.0. The van der Waals surface area contributed by atoms with Gasteiger partial charge in [0.1, 0.15) is 5.75 Å². The van der Waals surface area contributed by atoms with E-state index in [1.807, 2.05) is 38.1 Å². The van der Waals surface area contributed by atoms with Crippen molar-refractivity contribution in [3.63, 3.8) is 0 Å². The highest BCUT2D eigenvalue weighted by Gasteiger charge is 2.10. The van der Waals surface area contributed by atoms with Gasteiger partial charge in [-0.05, 0) is 68.3 Å². The number of methoxy groups -OCH3 is 1. The number of hydrogen-bond donors (Lipinski definition) is 1. The lowest BCUT2D eigenvalue weighted by atomic mass is 10.0. The number of benzene rings is 2. The van der Waals surface area contributed by atoms with Crippen molar-refractivity contribution >= 4 is 23.4 Å². The minimum absolute atomic E-state index is 0.0482. The van der Waals surface area contributed by atoms with Gasteiger partial charge in [0, 0.05) is 17.7 Å². The molecule has 1 amide bonds. The van der Waals surface area contributed by atoms with E-state index in [9.17, 15) is 4.79 Å². The highest BCUT2D eigenvalue weighted by molar-refractivity contribution is 7.98. The molecule has 30 heavy (non-hydrogen) atoms. The van der Waals surface area contributed by atoms with Crippen molar-refractivity contribution in [2.75, 3.05) is 18.2 Å². The van der Waals surface area contributed by atoms with Gasteiger partial charge in [-0.25, -0.2) is 0 Å². The molecule has 1 N–H and O–H groups in total. The summed E-state index contributed by atoms with van der Waals surface area (Å²) in [4.78, 5) is 16.7. The molecular formula is C23H27N3O3S. The zero-order valence-corrected chi connectivity index (χ0v) is 18.6. The molecule has 1 aromatic heterocycles. The number of aromatic nitrogens is 2. The van der Waals surface area contributed by atoms with Crippen LogP contribution in [-0.4, -0.2) is 28.9 Å². The number of nitrogens with one attached hydrogen (secondary N) is 1. The van der Waals surface area contributed by atoms with Gasteiger partial charge in [-0.3, -0.25) is 4.79 Å². The SMILES string of the molecule is COc1ccc(-c2nc(CSCCCC(=O)Nc3c(C)cc(C)cc3C)no2)cc1. The van der Waals surface area contributed by atoms with Gasteiger partial charge in [0.2, 0.25) is 5.91 Å². The molecule has 1 heterocycles. The van der Waals surface area contributed by atoms with E-state index < -0.39 is 0 Å². The lowest BCUT2D eigenvalue weighted by molar-refractivity contribution is -0.116. The number of anilines is 1. The normalized spacial score (nSPS) is 10.8. The van der Waals surface area contributed by atoms with Crippen LogP contribution < -0.4 is 10.1 Å². The number of aryl methyl sites for hydroxylation is 3. The highest BCUT2D eigenvalue weighted by atomic mass is 32.2. The lowest BCUT2D eigenvalue weighted by Gasteiger charge is -2.12. The maximum Gasteiger partial charge on any atom is 0.257 e. The average molecular weight is 426 g/mol. The molecule has 0 fully saturated rings. The summed E-state index contributed by atoms with van der Waals surface area (Å²) in [5.41, 5.74) is 5.19. The van der Waals surface area contributed by atoms with Gasteiger partial charge in [-0.15, -0.1) is 0 Å². The van der Waals surface area contributed by atoms with Crippen LogP contribution in [0.25, 0.3) is 11.5 Å². The van der Waals surface area contributed by atoms with Crippen LogP contribution in [0.2, 0.25) is 0 Å². The fourth-order valence-electron chi connectivity index (χ4n) is 3.24. The van der Waals surface area contributed by atoms with Gasteiger partial charge >= 0.3 is 0 Å². The fraction of sp³-hybridized carbons (Fsp3) is 0.348. The minimum atomic E-state index is 0.0482. The zero-order valence-electron chi connectivity index (χ0n) is 17.8. The minimum Gasteiger partial charge on any atom is -0.497 e. The predicted molar refractivity (Wildman–Crippen MR) is 121 cm³/mol. The number of carbonyl (C=O) groups is 1. The summed E-state index contributed by atoms with van der Waals surface area (Å²) in [5.74, 6) is 3.48. The third-order valence-electron chi connectivity index (χ3n) is 4.67. The fourth-order valence-corrected chi connectivity index (χ4v) is 4.03. The molecule has 0 aliphatic carbocycles. The Hall–Kier alpha value is -2.80. The zero-order chi connectivity index (χ0) is 21.5. The average Bonchev–Trinajstić information content (AvgIpc) is 3.19. The Balaban J connectivity index is 1.40. The van der Waals surface area contributed by atoms with Crippen molar-refractivity contribution in [3.8, 4) is 17.2 Å². The van der Waals surface area contributed by atoms with Gasteiger partial charge in [-0.2, -0.15) is 16.7 Å². The van der Waals surface area contributed by atoms with Crippen molar-refractivity contribution in [1.82, 2.24) is 10.1 Å². The second-order valence-electron chi connectivity index (χ2n) is 7.22. The third-order valence-corrected chi connectivity index (χ3v) is 5.71. The van der Waals surface area contributed by atoms with Crippen LogP contribution in [0.15, 0.2) is 40.9 Å². The van der Waals surface area contributed by atoms with E-state index in [4.69, 9.17) is 9.26 Å². The molecule has 0 aliphatic heterocycles. The number of ether oxygens (including phenoxy) is 1. The second kappa shape index (κ2) is 10.3. The van der Waals surface area contributed by atoms with Crippen LogP contribution in [0.5, 0.6) is 5.75 Å². The molecule has 0 aliphatic rings. The molecule has 0 radical (unpaired) electrons. The smallest absolute Gasteiger partial charge is 0.257 e. The van der Waals surface area contributed by atoms with E-state index in [0.29, 0.717) is 23.9 Å². The molecular weight excluding hydrogens is 398 g/mol. The molecule has 0 bridgehead atoms. The van der Waals surface area contributed by atoms with Crippen LogP contribution >= 0.6 is 11.8 Å². The van der Waals surface area contributed by atoms with Crippen LogP contribution in [-0.2, 0) is 10.5 Å². The summed E-state index contributed by atoms with van der Waals surface area (Å²) in [6.07, 6.45) is 1.28. The van der Waals surface area contributed by atoms with E-state index >= 15 is 0 Å². The van der Waals surface area contributed by atoms with Gasteiger partial charge < -0.3 is 14.6 Å². The first kappa shape index (κ1) is 21.9. The Bertz CT molecular complexity index is 976. The Morgan fingerprint density at radius 1 is 1.13 bits per heavy atom. The Labute approximate surface area is 181 Å². The summed E-state index contributed by atoms with van der Waals surface area (Å²) >= 11 is 1.69. The molecule has 3 aromatic rings.